The van der Waals surface area contributed by atoms with Gasteiger partial charge in [0, 0.05) is 21.3 Å². The SMILES string of the molecule is N/C(=N/O)c1ccc(NC(=O)c2ccc(Br)cc2)cc1. The number of hydrogen-bond acceptors (Lipinski definition) is 3. The van der Waals surface area contributed by atoms with Crippen LogP contribution in [-0.4, -0.2) is 17.0 Å². The number of nitrogens with zero attached hydrogens (tertiary/aromatic N) is 1. The van der Waals surface area contributed by atoms with Crippen molar-refractivity contribution in [1.82, 2.24) is 0 Å². The zero-order chi connectivity index (χ0) is 14.5. The van der Waals surface area contributed by atoms with Gasteiger partial charge >= 0.3 is 0 Å². The van der Waals surface area contributed by atoms with Crippen molar-refractivity contribution in [2.45, 2.75) is 0 Å². The zero-order valence-electron chi connectivity index (χ0n) is 10.4. The van der Waals surface area contributed by atoms with Gasteiger partial charge in [-0.25, -0.2) is 0 Å². The van der Waals surface area contributed by atoms with Crippen molar-refractivity contribution in [1.29, 1.82) is 0 Å². The Morgan fingerprint density at radius 2 is 1.60 bits per heavy atom. The smallest absolute Gasteiger partial charge is 0.255 e. The van der Waals surface area contributed by atoms with Crippen molar-refractivity contribution in [3.8, 4) is 0 Å². The average Bonchev–Trinajstić information content (AvgIpc) is 2.48. The van der Waals surface area contributed by atoms with Gasteiger partial charge in [-0.1, -0.05) is 21.1 Å². The van der Waals surface area contributed by atoms with Gasteiger partial charge in [-0.2, -0.15) is 0 Å². The van der Waals surface area contributed by atoms with Crippen molar-refractivity contribution in [2.24, 2.45) is 10.9 Å². The molecule has 0 unspecified atom stereocenters. The molecule has 2 aromatic carbocycles. The third-order valence-electron chi connectivity index (χ3n) is 2.65. The summed E-state index contributed by atoms with van der Waals surface area (Å²) in [6, 6.07) is 13.7. The number of amidine groups is 1. The Bertz CT molecular complexity index is 636. The Kier molecular flexibility index (Phi) is 4.37. The Balaban J connectivity index is 2.10. The van der Waals surface area contributed by atoms with Crippen LogP contribution < -0.4 is 11.1 Å². The molecule has 0 fully saturated rings. The quantitative estimate of drug-likeness (QED) is 0.349. The Morgan fingerprint density at radius 3 is 2.15 bits per heavy atom. The van der Waals surface area contributed by atoms with Gasteiger partial charge in [0.25, 0.3) is 5.91 Å². The Hall–Kier alpha value is -2.34. The van der Waals surface area contributed by atoms with E-state index in [9.17, 15) is 4.79 Å². The van der Waals surface area contributed by atoms with E-state index in [4.69, 9.17) is 10.9 Å². The fourth-order valence-corrected chi connectivity index (χ4v) is 1.85. The second-order valence-corrected chi connectivity index (χ2v) is 4.94. The molecule has 0 heterocycles. The number of nitrogens with one attached hydrogen (secondary N) is 1. The minimum atomic E-state index is -0.200. The zero-order valence-corrected chi connectivity index (χ0v) is 12.0. The van der Waals surface area contributed by atoms with Gasteiger partial charge in [-0.05, 0) is 48.5 Å². The molecule has 0 saturated carbocycles. The van der Waals surface area contributed by atoms with Crippen LogP contribution in [0.3, 0.4) is 0 Å². The highest BCUT2D eigenvalue weighted by Crippen LogP contribution is 2.14. The van der Waals surface area contributed by atoms with E-state index in [0.29, 0.717) is 16.8 Å². The maximum Gasteiger partial charge on any atom is 0.255 e. The van der Waals surface area contributed by atoms with E-state index >= 15 is 0 Å². The third-order valence-corrected chi connectivity index (χ3v) is 3.18. The molecular weight excluding hydrogens is 322 g/mol. The fourth-order valence-electron chi connectivity index (χ4n) is 1.59. The summed E-state index contributed by atoms with van der Waals surface area (Å²) in [4.78, 5) is 12.0. The summed E-state index contributed by atoms with van der Waals surface area (Å²) < 4.78 is 0.914. The number of nitrogens with two attached hydrogens (primary N) is 1. The van der Waals surface area contributed by atoms with E-state index in [-0.39, 0.29) is 11.7 Å². The van der Waals surface area contributed by atoms with Crippen LogP contribution in [0.25, 0.3) is 0 Å². The van der Waals surface area contributed by atoms with Crippen molar-refractivity contribution in [3.05, 3.63) is 64.1 Å². The topological polar surface area (TPSA) is 87.7 Å². The highest BCUT2D eigenvalue weighted by molar-refractivity contribution is 9.10. The number of benzene rings is 2. The summed E-state index contributed by atoms with van der Waals surface area (Å²) in [5.41, 5.74) is 7.23. The molecule has 2 aromatic rings. The van der Waals surface area contributed by atoms with Gasteiger partial charge in [-0.3, -0.25) is 4.79 Å². The number of rotatable bonds is 3. The van der Waals surface area contributed by atoms with Gasteiger partial charge in [-0.15, -0.1) is 0 Å². The molecule has 0 saturated heterocycles. The van der Waals surface area contributed by atoms with Crippen LogP contribution in [0.5, 0.6) is 0 Å². The van der Waals surface area contributed by atoms with E-state index in [2.05, 4.69) is 26.4 Å². The number of oxime groups is 1. The van der Waals surface area contributed by atoms with E-state index in [1.165, 1.54) is 0 Å². The normalized spacial score (nSPS) is 11.2. The summed E-state index contributed by atoms with van der Waals surface area (Å²) in [6.45, 7) is 0. The molecular formula is C14H12BrN3O2. The summed E-state index contributed by atoms with van der Waals surface area (Å²) in [5, 5.41) is 14.2. The van der Waals surface area contributed by atoms with Crippen LogP contribution in [0.15, 0.2) is 58.2 Å². The van der Waals surface area contributed by atoms with E-state index in [1.807, 2.05) is 0 Å². The largest absolute Gasteiger partial charge is 0.409 e. The predicted octanol–water partition coefficient (Wildman–Crippen LogP) is 2.80. The third kappa shape index (κ3) is 3.36. The average molecular weight is 334 g/mol. The minimum absolute atomic E-state index is 0.0239. The molecule has 1 amide bonds. The van der Waals surface area contributed by atoms with Gasteiger partial charge in [0.15, 0.2) is 5.84 Å². The van der Waals surface area contributed by atoms with E-state index in [1.54, 1.807) is 48.5 Å². The molecule has 0 spiro atoms. The summed E-state index contributed by atoms with van der Waals surface area (Å²) in [5.74, 6) is -0.176. The van der Waals surface area contributed by atoms with Gasteiger partial charge in [0.1, 0.15) is 0 Å². The number of halogens is 1. The Labute approximate surface area is 124 Å². The first-order chi connectivity index (χ1) is 9.60. The van der Waals surface area contributed by atoms with Crippen molar-refractivity contribution in [2.75, 3.05) is 5.32 Å². The lowest BCUT2D eigenvalue weighted by atomic mass is 10.1. The summed E-state index contributed by atoms with van der Waals surface area (Å²) in [7, 11) is 0. The van der Waals surface area contributed by atoms with Crippen LogP contribution >= 0.6 is 15.9 Å². The summed E-state index contributed by atoms with van der Waals surface area (Å²) in [6.07, 6.45) is 0. The predicted molar refractivity (Wildman–Crippen MR) is 81.0 cm³/mol. The minimum Gasteiger partial charge on any atom is -0.409 e. The van der Waals surface area contributed by atoms with Crippen LogP contribution in [0.4, 0.5) is 5.69 Å². The van der Waals surface area contributed by atoms with Crippen LogP contribution in [-0.2, 0) is 0 Å². The van der Waals surface area contributed by atoms with E-state index < -0.39 is 0 Å². The van der Waals surface area contributed by atoms with Gasteiger partial charge in [0.2, 0.25) is 0 Å². The standard InChI is InChI=1S/C14H12BrN3O2/c15-11-5-1-10(2-6-11)14(19)17-12-7-3-9(4-8-12)13(16)18-20/h1-8,20H,(H2,16,18)(H,17,19). The first kappa shape index (κ1) is 14.1. The second-order valence-electron chi connectivity index (χ2n) is 4.02. The molecule has 0 atom stereocenters. The Morgan fingerprint density at radius 1 is 1.05 bits per heavy atom. The molecule has 4 N–H and O–H groups in total. The van der Waals surface area contributed by atoms with Crippen molar-refractivity contribution < 1.29 is 10.0 Å². The van der Waals surface area contributed by atoms with Gasteiger partial charge in [0.05, 0.1) is 0 Å². The second kappa shape index (κ2) is 6.21. The van der Waals surface area contributed by atoms with Crippen LogP contribution in [0.2, 0.25) is 0 Å². The molecule has 0 aliphatic carbocycles. The first-order valence-electron chi connectivity index (χ1n) is 5.75. The van der Waals surface area contributed by atoms with Crippen LogP contribution in [0, 0.1) is 0 Å². The number of carbonyl (C=O) groups excluding carboxylic acids is 1. The molecule has 6 heteroatoms. The maximum atomic E-state index is 12.0. The molecule has 0 aliphatic heterocycles. The van der Waals surface area contributed by atoms with Gasteiger partial charge < -0.3 is 16.3 Å². The number of hydrogen-bond donors (Lipinski definition) is 3. The lowest BCUT2D eigenvalue weighted by molar-refractivity contribution is 0.102. The highest BCUT2D eigenvalue weighted by atomic mass is 79.9. The first-order valence-corrected chi connectivity index (χ1v) is 6.54. The summed E-state index contributed by atoms with van der Waals surface area (Å²) >= 11 is 3.31. The molecule has 0 bridgehead atoms. The fraction of sp³-hybridized carbons (Fsp3) is 0. The number of carbonyl (C=O) groups is 1. The van der Waals surface area contributed by atoms with Crippen molar-refractivity contribution >= 4 is 33.4 Å². The molecule has 0 aromatic heterocycles. The molecule has 0 aliphatic rings. The highest BCUT2D eigenvalue weighted by Gasteiger charge is 2.06. The number of anilines is 1. The lowest BCUT2D eigenvalue weighted by Gasteiger charge is -2.06. The molecule has 0 radical (unpaired) electrons. The molecule has 102 valence electrons. The monoisotopic (exact) mass is 333 g/mol. The molecule has 20 heavy (non-hydrogen) atoms. The molecule has 2 rings (SSSR count). The molecule has 5 nitrogen and oxygen atoms in total. The van der Waals surface area contributed by atoms with Crippen molar-refractivity contribution in [3.63, 3.8) is 0 Å². The lowest BCUT2D eigenvalue weighted by Crippen LogP contribution is -2.14. The van der Waals surface area contributed by atoms with Crippen LogP contribution in [0.1, 0.15) is 15.9 Å². The van der Waals surface area contributed by atoms with E-state index in [0.717, 1.165) is 4.47 Å². The number of amides is 1. The maximum absolute atomic E-state index is 12.0.